The van der Waals surface area contributed by atoms with Crippen molar-refractivity contribution in [2.24, 2.45) is 0 Å². The molecule has 7 nitrogen and oxygen atoms in total. The molecule has 1 aromatic heterocycles. The Bertz CT molecular complexity index is 768. The summed E-state index contributed by atoms with van der Waals surface area (Å²) in [5, 5.41) is 14.8. The van der Waals surface area contributed by atoms with E-state index in [0.29, 0.717) is 16.4 Å². The molecule has 2 aromatic rings. The van der Waals surface area contributed by atoms with Gasteiger partial charge in [0.1, 0.15) is 10.6 Å². The van der Waals surface area contributed by atoms with Crippen molar-refractivity contribution in [3.05, 3.63) is 34.8 Å². The number of aromatic nitrogens is 2. The third-order valence-electron chi connectivity index (χ3n) is 3.20. The monoisotopic (exact) mass is 376 g/mol. The predicted octanol–water partition coefficient (Wildman–Crippen LogP) is 4.48. The van der Waals surface area contributed by atoms with Crippen LogP contribution in [-0.4, -0.2) is 27.8 Å². The van der Waals surface area contributed by atoms with Crippen LogP contribution >= 0.6 is 11.3 Å². The fourth-order valence-electron chi connectivity index (χ4n) is 2.06. The molecule has 2 amide bonds. The number of carbonyl (C=O) groups excluding carboxylic acids is 2. The van der Waals surface area contributed by atoms with Crippen molar-refractivity contribution in [1.29, 1.82) is 0 Å². The van der Waals surface area contributed by atoms with Gasteiger partial charge in [0.15, 0.2) is 0 Å². The van der Waals surface area contributed by atoms with Gasteiger partial charge in [0.2, 0.25) is 5.13 Å². The van der Waals surface area contributed by atoms with Crippen LogP contribution in [-0.2, 0) is 11.2 Å². The summed E-state index contributed by atoms with van der Waals surface area (Å²) in [7, 11) is 0. The van der Waals surface area contributed by atoms with E-state index in [-0.39, 0.29) is 5.91 Å². The number of nitrogens with zero attached hydrogens (tertiary/aromatic N) is 2. The Morgan fingerprint density at radius 1 is 1.19 bits per heavy atom. The summed E-state index contributed by atoms with van der Waals surface area (Å²) >= 11 is 1.37. The molecule has 2 rings (SSSR count). The Labute approximate surface area is 157 Å². The topological polar surface area (TPSA) is 93.2 Å². The van der Waals surface area contributed by atoms with Crippen molar-refractivity contribution in [3.8, 4) is 0 Å². The molecule has 0 saturated carbocycles. The van der Waals surface area contributed by atoms with E-state index in [1.54, 1.807) is 45.0 Å². The first kappa shape index (κ1) is 19.8. The van der Waals surface area contributed by atoms with Gasteiger partial charge in [-0.1, -0.05) is 30.7 Å². The molecular formula is C18H24N4O3S. The summed E-state index contributed by atoms with van der Waals surface area (Å²) < 4.78 is 5.21. The van der Waals surface area contributed by atoms with Gasteiger partial charge in [-0.2, -0.15) is 0 Å². The van der Waals surface area contributed by atoms with E-state index < -0.39 is 11.7 Å². The molecule has 0 aliphatic carbocycles. The third-order valence-corrected chi connectivity index (χ3v) is 4.10. The first-order valence-electron chi connectivity index (χ1n) is 8.50. The van der Waals surface area contributed by atoms with Gasteiger partial charge >= 0.3 is 6.09 Å². The lowest BCUT2D eigenvalue weighted by molar-refractivity contribution is 0.0635. The number of aryl methyl sites for hydroxylation is 1. The van der Waals surface area contributed by atoms with E-state index in [4.69, 9.17) is 4.74 Å². The number of amides is 2. The molecule has 140 valence electrons. The number of unbranched alkanes of at least 4 members (excludes halogenated alkanes) is 1. The molecule has 1 heterocycles. The van der Waals surface area contributed by atoms with Crippen LogP contribution in [0.4, 0.5) is 15.6 Å². The largest absolute Gasteiger partial charge is 0.444 e. The van der Waals surface area contributed by atoms with Crippen LogP contribution in [0.3, 0.4) is 0 Å². The summed E-state index contributed by atoms with van der Waals surface area (Å²) in [6.07, 6.45) is 2.42. The first-order chi connectivity index (χ1) is 12.3. The molecule has 0 radical (unpaired) electrons. The van der Waals surface area contributed by atoms with Crippen molar-refractivity contribution >= 4 is 34.2 Å². The molecule has 0 spiro atoms. The number of anilines is 2. The van der Waals surface area contributed by atoms with E-state index in [0.717, 1.165) is 24.3 Å². The van der Waals surface area contributed by atoms with Crippen LogP contribution in [0.15, 0.2) is 24.3 Å². The number of hydrogen-bond donors (Lipinski definition) is 2. The van der Waals surface area contributed by atoms with Crippen LogP contribution in [0, 0.1) is 0 Å². The van der Waals surface area contributed by atoms with Crippen molar-refractivity contribution in [2.75, 3.05) is 10.6 Å². The summed E-state index contributed by atoms with van der Waals surface area (Å²) in [5.41, 5.74) is 0.295. The lowest BCUT2D eigenvalue weighted by Crippen LogP contribution is -2.27. The highest BCUT2D eigenvalue weighted by atomic mass is 32.1. The zero-order chi connectivity index (χ0) is 19.2. The van der Waals surface area contributed by atoms with Crippen LogP contribution < -0.4 is 10.6 Å². The number of carbonyl (C=O) groups is 2. The van der Waals surface area contributed by atoms with Crippen molar-refractivity contribution in [2.45, 2.75) is 52.6 Å². The van der Waals surface area contributed by atoms with Gasteiger partial charge in [0.25, 0.3) is 5.91 Å². The van der Waals surface area contributed by atoms with E-state index >= 15 is 0 Å². The quantitative estimate of drug-likeness (QED) is 0.775. The zero-order valence-electron chi connectivity index (χ0n) is 15.5. The zero-order valence-corrected chi connectivity index (χ0v) is 16.3. The highest BCUT2D eigenvalue weighted by Gasteiger charge is 2.17. The Balaban J connectivity index is 1.99. The van der Waals surface area contributed by atoms with Gasteiger partial charge in [0, 0.05) is 17.7 Å². The lowest BCUT2D eigenvalue weighted by Gasteiger charge is -2.19. The fraction of sp³-hybridized carbons (Fsp3) is 0.444. The summed E-state index contributed by atoms with van der Waals surface area (Å²) in [6, 6.07) is 6.62. The van der Waals surface area contributed by atoms with Crippen molar-refractivity contribution in [1.82, 2.24) is 10.2 Å². The summed E-state index contributed by atoms with van der Waals surface area (Å²) in [4.78, 5) is 24.2. The number of ether oxygens (including phenoxy) is 1. The number of rotatable bonds is 6. The maximum absolute atomic E-state index is 12.4. The van der Waals surface area contributed by atoms with Crippen LogP contribution in [0.5, 0.6) is 0 Å². The van der Waals surface area contributed by atoms with E-state index in [9.17, 15) is 9.59 Å². The summed E-state index contributed by atoms with van der Waals surface area (Å²) in [6.45, 7) is 7.47. The second-order valence-corrected chi connectivity index (χ2v) is 7.83. The Kier molecular flexibility index (Phi) is 6.68. The van der Waals surface area contributed by atoms with Crippen molar-refractivity contribution < 1.29 is 14.3 Å². The second-order valence-electron chi connectivity index (χ2n) is 6.77. The highest BCUT2D eigenvalue weighted by Crippen LogP contribution is 2.19. The van der Waals surface area contributed by atoms with E-state index in [2.05, 4.69) is 27.8 Å². The lowest BCUT2D eigenvalue weighted by atomic mass is 10.2. The minimum absolute atomic E-state index is 0.309. The highest BCUT2D eigenvalue weighted by molar-refractivity contribution is 7.15. The molecule has 0 unspecified atom stereocenters. The average molecular weight is 376 g/mol. The fourth-order valence-corrected chi connectivity index (χ4v) is 2.84. The molecule has 0 aliphatic rings. The Morgan fingerprint density at radius 3 is 2.65 bits per heavy atom. The molecule has 0 aliphatic heterocycles. The molecule has 2 N–H and O–H groups in total. The second kappa shape index (κ2) is 8.75. The van der Waals surface area contributed by atoms with Crippen LogP contribution in [0.2, 0.25) is 0 Å². The normalized spacial score (nSPS) is 11.1. The van der Waals surface area contributed by atoms with E-state index in [1.807, 2.05) is 0 Å². The molecule has 0 fully saturated rings. The van der Waals surface area contributed by atoms with Crippen LogP contribution in [0.1, 0.15) is 55.9 Å². The summed E-state index contributed by atoms with van der Waals surface area (Å²) in [5.74, 6) is -0.309. The predicted molar refractivity (Wildman–Crippen MR) is 103 cm³/mol. The van der Waals surface area contributed by atoms with Gasteiger partial charge in [0.05, 0.1) is 0 Å². The molecule has 8 heteroatoms. The number of nitrogens with one attached hydrogen (secondary N) is 2. The Morgan fingerprint density at radius 2 is 1.96 bits per heavy atom. The smallest absolute Gasteiger partial charge is 0.412 e. The minimum Gasteiger partial charge on any atom is -0.444 e. The van der Waals surface area contributed by atoms with E-state index in [1.165, 1.54) is 11.3 Å². The number of benzene rings is 1. The Hall–Kier alpha value is -2.48. The maximum atomic E-state index is 12.4. The minimum atomic E-state index is -0.591. The van der Waals surface area contributed by atoms with Crippen LogP contribution in [0.25, 0.3) is 0 Å². The van der Waals surface area contributed by atoms with Gasteiger partial charge in [-0.05, 0) is 45.4 Å². The third kappa shape index (κ3) is 6.44. The van der Waals surface area contributed by atoms with Gasteiger partial charge in [-0.25, -0.2) is 4.79 Å². The van der Waals surface area contributed by atoms with Crippen molar-refractivity contribution in [3.63, 3.8) is 0 Å². The molecule has 0 saturated heterocycles. The molecular weight excluding hydrogens is 352 g/mol. The van der Waals surface area contributed by atoms with Gasteiger partial charge < -0.3 is 4.74 Å². The standard InChI is InChI=1S/C18H24N4O3S/c1-5-6-10-14-21-22-16(26-14)20-15(23)12-8-7-9-13(11-12)19-17(24)25-18(2,3)4/h7-9,11H,5-6,10H2,1-4H3,(H,19,24)(H,20,22,23). The van der Waals surface area contributed by atoms with Gasteiger partial charge in [-0.15, -0.1) is 10.2 Å². The van der Waals surface area contributed by atoms with Gasteiger partial charge in [-0.3, -0.25) is 15.4 Å². The molecule has 0 atom stereocenters. The molecule has 26 heavy (non-hydrogen) atoms. The first-order valence-corrected chi connectivity index (χ1v) is 9.32. The SMILES string of the molecule is CCCCc1nnc(NC(=O)c2cccc(NC(=O)OC(C)(C)C)c2)s1. The molecule has 1 aromatic carbocycles. The number of hydrogen-bond acceptors (Lipinski definition) is 6. The maximum Gasteiger partial charge on any atom is 0.412 e. The average Bonchev–Trinajstić information content (AvgIpc) is 2.98. The molecule has 0 bridgehead atoms.